The number of hydrogen-bond acceptors (Lipinski definition) is 6. The summed E-state index contributed by atoms with van der Waals surface area (Å²) in [6.45, 7) is 6.44. The molecule has 0 aliphatic carbocycles. The molecule has 0 aliphatic rings. The Balaban J connectivity index is 4.20. The van der Waals surface area contributed by atoms with Crippen molar-refractivity contribution < 1.29 is 28.6 Å². The lowest BCUT2D eigenvalue weighted by Crippen LogP contribution is -2.30. The van der Waals surface area contributed by atoms with Crippen LogP contribution in [0.5, 0.6) is 0 Å². The minimum atomic E-state index is -0.807. The number of ether oxygens (including phenoxy) is 3. The van der Waals surface area contributed by atoms with Crippen LogP contribution in [-0.4, -0.2) is 37.2 Å². The minimum absolute atomic E-state index is 0.0983. The third-order valence-electron chi connectivity index (χ3n) is 13.7. The molecule has 422 valence electrons. The Hall–Kier alpha value is -3.15. The normalized spacial score (nSPS) is 12.5. The van der Waals surface area contributed by atoms with Crippen molar-refractivity contribution in [1.82, 2.24) is 0 Å². The summed E-state index contributed by atoms with van der Waals surface area (Å²) in [7, 11) is 0. The number of hydrogen-bond donors (Lipinski definition) is 0. The van der Waals surface area contributed by atoms with E-state index in [0.717, 1.165) is 96.3 Å². The Morgan fingerprint density at radius 2 is 0.575 bits per heavy atom. The molecule has 0 bridgehead atoms. The zero-order chi connectivity index (χ0) is 52.9. The Morgan fingerprint density at radius 1 is 0.288 bits per heavy atom. The summed E-state index contributed by atoms with van der Waals surface area (Å²) in [4.78, 5) is 38.1. The van der Waals surface area contributed by atoms with Crippen molar-refractivity contribution in [3.8, 4) is 0 Å². The van der Waals surface area contributed by atoms with Gasteiger partial charge in [-0.05, 0) is 77.0 Å². The minimum Gasteiger partial charge on any atom is -0.462 e. The maximum Gasteiger partial charge on any atom is 0.306 e. The fourth-order valence-corrected chi connectivity index (χ4v) is 9.01. The maximum atomic E-state index is 12.8. The van der Waals surface area contributed by atoms with Crippen LogP contribution in [0.2, 0.25) is 0 Å². The lowest BCUT2D eigenvalue weighted by atomic mass is 10.0. The maximum absolute atomic E-state index is 12.8. The molecule has 73 heavy (non-hydrogen) atoms. The molecule has 0 spiro atoms. The second kappa shape index (κ2) is 61.4. The Labute approximate surface area is 453 Å². The molecule has 0 aromatic rings. The van der Waals surface area contributed by atoms with Crippen LogP contribution in [0.1, 0.15) is 316 Å². The van der Waals surface area contributed by atoms with Gasteiger partial charge in [0.25, 0.3) is 0 Å². The van der Waals surface area contributed by atoms with Crippen LogP contribution < -0.4 is 0 Å². The SMILES string of the molecule is CC/C=C\C/C=C\C/C=C\C/C=C\C/C=C\CCCC(=O)OC(COC(=O)CCCCCCC/C=C\CCC)COC(=O)CCCCCCCCCCCCCCCCCCCCCCCCCCCCCC. The molecule has 0 aromatic heterocycles. The molecule has 0 rings (SSSR count). The monoisotopic (exact) mass is 1020 g/mol. The number of allylic oxidation sites excluding steroid dienone is 12. The van der Waals surface area contributed by atoms with Gasteiger partial charge in [0.2, 0.25) is 0 Å². The molecule has 6 heteroatoms. The summed E-state index contributed by atoms with van der Waals surface area (Å²) >= 11 is 0. The largest absolute Gasteiger partial charge is 0.462 e. The van der Waals surface area contributed by atoms with E-state index < -0.39 is 6.10 Å². The number of carbonyl (C=O) groups excluding carboxylic acids is 3. The summed E-state index contributed by atoms with van der Waals surface area (Å²) in [5.41, 5.74) is 0. The van der Waals surface area contributed by atoms with Gasteiger partial charge in [0.05, 0.1) is 0 Å². The highest BCUT2D eigenvalue weighted by Gasteiger charge is 2.19. The van der Waals surface area contributed by atoms with Gasteiger partial charge in [0.1, 0.15) is 13.2 Å². The van der Waals surface area contributed by atoms with E-state index in [4.69, 9.17) is 14.2 Å². The second-order valence-electron chi connectivity index (χ2n) is 20.9. The van der Waals surface area contributed by atoms with E-state index in [-0.39, 0.29) is 37.5 Å². The van der Waals surface area contributed by atoms with E-state index in [2.05, 4.69) is 93.7 Å². The third kappa shape index (κ3) is 59.6. The third-order valence-corrected chi connectivity index (χ3v) is 13.7. The van der Waals surface area contributed by atoms with E-state index in [9.17, 15) is 14.4 Å². The van der Waals surface area contributed by atoms with E-state index in [1.54, 1.807) is 0 Å². The summed E-state index contributed by atoms with van der Waals surface area (Å²) < 4.78 is 16.8. The zero-order valence-electron chi connectivity index (χ0n) is 48.4. The smallest absolute Gasteiger partial charge is 0.306 e. The van der Waals surface area contributed by atoms with Crippen LogP contribution in [0.25, 0.3) is 0 Å². The van der Waals surface area contributed by atoms with Crippen LogP contribution in [0.3, 0.4) is 0 Å². The molecular formula is C67H118O6. The van der Waals surface area contributed by atoms with Gasteiger partial charge in [-0.1, -0.05) is 293 Å². The number of esters is 3. The van der Waals surface area contributed by atoms with E-state index in [1.807, 2.05) is 0 Å². The molecule has 1 atom stereocenters. The average Bonchev–Trinajstić information content (AvgIpc) is 3.39. The van der Waals surface area contributed by atoms with Crippen molar-refractivity contribution in [2.45, 2.75) is 322 Å². The highest BCUT2D eigenvalue weighted by Crippen LogP contribution is 2.17. The first kappa shape index (κ1) is 69.8. The zero-order valence-corrected chi connectivity index (χ0v) is 48.4. The predicted octanol–water partition coefficient (Wildman–Crippen LogP) is 21.3. The molecule has 0 amide bonds. The van der Waals surface area contributed by atoms with Crippen LogP contribution in [0.4, 0.5) is 0 Å². The lowest BCUT2D eigenvalue weighted by molar-refractivity contribution is -0.167. The highest BCUT2D eigenvalue weighted by atomic mass is 16.6. The van der Waals surface area contributed by atoms with Gasteiger partial charge >= 0.3 is 17.9 Å². The van der Waals surface area contributed by atoms with Gasteiger partial charge in [-0.3, -0.25) is 14.4 Å². The predicted molar refractivity (Wildman–Crippen MR) is 316 cm³/mol. The molecular weight excluding hydrogens is 901 g/mol. The number of unbranched alkanes of at least 4 members (excludes halogenated alkanes) is 34. The highest BCUT2D eigenvalue weighted by molar-refractivity contribution is 5.71. The van der Waals surface area contributed by atoms with Crippen LogP contribution >= 0.6 is 0 Å². The van der Waals surface area contributed by atoms with Crippen LogP contribution in [0, 0.1) is 0 Å². The van der Waals surface area contributed by atoms with E-state index in [1.165, 1.54) is 173 Å². The quantitative estimate of drug-likeness (QED) is 0.0261. The molecule has 0 saturated heterocycles. The van der Waals surface area contributed by atoms with Crippen molar-refractivity contribution in [2.75, 3.05) is 13.2 Å². The van der Waals surface area contributed by atoms with Crippen molar-refractivity contribution >= 4 is 17.9 Å². The van der Waals surface area contributed by atoms with Crippen molar-refractivity contribution in [3.63, 3.8) is 0 Å². The fraction of sp³-hybridized carbons (Fsp3) is 0.776. The van der Waals surface area contributed by atoms with Crippen LogP contribution in [-0.2, 0) is 28.6 Å². The summed E-state index contributed by atoms with van der Waals surface area (Å²) in [5, 5.41) is 0. The summed E-state index contributed by atoms with van der Waals surface area (Å²) in [6, 6.07) is 0. The van der Waals surface area contributed by atoms with Gasteiger partial charge < -0.3 is 14.2 Å². The van der Waals surface area contributed by atoms with Gasteiger partial charge in [-0.2, -0.15) is 0 Å². The van der Waals surface area contributed by atoms with Crippen molar-refractivity contribution in [2.24, 2.45) is 0 Å². The van der Waals surface area contributed by atoms with Crippen molar-refractivity contribution in [1.29, 1.82) is 0 Å². The first-order chi connectivity index (χ1) is 36.0. The van der Waals surface area contributed by atoms with Gasteiger partial charge in [0.15, 0.2) is 6.10 Å². The number of rotatable bonds is 57. The molecule has 0 aliphatic heterocycles. The topological polar surface area (TPSA) is 78.9 Å². The molecule has 0 fully saturated rings. The van der Waals surface area contributed by atoms with Gasteiger partial charge in [-0.15, -0.1) is 0 Å². The van der Waals surface area contributed by atoms with Crippen molar-refractivity contribution in [3.05, 3.63) is 72.9 Å². The molecule has 6 nitrogen and oxygen atoms in total. The first-order valence-corrected chi connectivity index (χ1v) is 31.4. The first-order valence-electron chi connectivity index (χ1n) is 31.4. The molecule has 1 unspecified atom stereocenters. The lowest BCUT2D eigenvalue weighted by Gasteiger charge is -2.18. The van der Waals surface area contributed by atoms with E-state index >= 15 is 0 Å². The second-order valence-corrected chi connectivity index (χ2v) is 20.9. The number of carbonyl (C=O) groups is 3. The Morgan fingerprint density at radius 3 is 0.945 bits per heavy atom. The fourth-order valence-electron chi connectivity index (χ4n) is 9.01. The van der Waals surface area contributed by atoms with Gasteiger partial charge in [0, 0.05) is 19.3 Å². The summed E-state index contributed by atoms with van der Waals surface area (Å²) in [5.74, 6) is -0.958. The summed E-state index contributed by atoms with van der Waals surface area (Å²) in [6.07, 6.45) is 79.4. The standard InChI is InChI=1S/C67H118O6/c1-4-7-10-13-16-19-22-24-26-28-29-30-31-32-33-34-35-36-37-38-40-41-43-45-48-51-54-57-60-66(69)72-63-64(62-71-65(68)59-56-53-50-47-21-18-15-12-9-6-3)73-67(70)61-58-55-52-49-46-44-42-39-27-25-23-20-17-14-11-8-5-2/h8,11-12,15,17,20,25,27,42,44,49,52,64H,4-7,9-10,13-14,16,18-19,21-24,26,28-41,43,45-48,50-51,53-63H2,1-3H3/b11-8-,15-12-,20-17-,27-25-,44-42-,52-49-. The van der Waals surface area contributed by atoms with E-state index in [0.29, 0.717) is 19.3 Å². The van der Waals surface area contributed by atoms with Gasteiger partial charge in [-0.25, -0.2) is 0 Å². The average molecular weight is 1020 g/mol. The molecule has 0 radical (unpaired) electrons. The molecule has 0 aromatic carbocycles. The van der Waals surface area contributed by atoms with Crippen LogP contribution in [0.15, 0.2) is 72.9 Å². The molecule has 0 heterocycles. The molecule has 0 saturated carbocycles. The molecule has 0 N–H and O–H groups in total. The Bertz CT molecular complexity index is 1360. The Kier molecular flexibility index (Phi) is 58.7.